The van der Waals surface area contributed by atoms with E-state index in [0.717, 1.165) is 29.5 Å². The first-order valence-electron chi connectivity index (χ1n) is 7.96. The van der Waals surface area contributed by atoms with E-state index in [1.54, 1.807) is 19.2 Å². The predicted molar refractivity (Wildman–Crippen MR) is 89.9 cm³/mol. The van der Waals surface area contributed by atoms with Gasteiger partial charge in [-0.3, -0.25) is 4.79 Å². The smallest absolute Gasteiger partial charge is 0.287 e. The molecule has 1 amide bonds. The third kappa shape index (κ3) is 3.34. The molecular weight excluding hydrogens is 294 g/mol. The molecule has 0 fully saturated rings. The molecule has 0 saturated heterocycles. The minimum absolute atomic E-state index is 0.0522. The van der Waals surface area contributed by atoms with Crippen molar-refractivity contribution >= 4 is 16.9 Å². The number of hydrogen-bond donors (Lipinski definition) is 2. The fourth-order valence-electron chi connectivity index (χ4n) is 2.67. The molecule has 0 aliphatic heterocycles. The van der Waals surface area contributed by atoms with E-state index in [1.165, 1.54) is 0 Å². The highest BCUT2D eigenvalue weighted by Gasteiger charge is 2.27. The number of benzene rings is 1. The molecule has 0 unspecified atom stereocenters. The van der Waals surface area contributed by atoms with E-state index in [2.05, 4.69) is 5.32 Å². The van der Waals surface area contributed by atoms with Crippen LogP contribution in [-0.2, 0) is 0 Å². The maximum absolute atomic E-state index is 12.5. The fraction of sp³-hybridized carbons (Fsp3) is 0.500. The summed E-state index contributed by atoms with van der Waals surface area (Å²) in [4.78, 5) is 12.5. The molecule has 2 N–H and O–H groups in total. The molecule has 0 atom stereocenters. The average molecular weight is 319 g/mol. The molecule has 23 heavy (non-hydrogen) atoms. The highest BCUT2D eigenvalue weighted by molar-refractivity contribution is 5.99. The summed E-state index contributed by atoms with van der Waals surface area (Å²) in [5.41, 5.74) is 1.17. The summed E-state index contributed by atoms with van der Waals surface area (Å²) in [6.07, 6.45) is 1.60. The largest absolute Gasteiger partial charge is 0.497 e. The Morgan fingerprint density at radius 1 is 1.35 bits per heavy atom. The molecule has 0 aliphatic rings. The quantitative estimate of drug-likeness (QED) is 0.821. The zero-order valence-electron chi connectivity index (χ0n) is 14.2. The zero-order valence-corrected chi connectivity index (χ0v) is 14.2. The van der Waals surface area contributed by atoms with Gasteiger partial charge in [0.25, 0.3) is 5.91 Å². The van der Waals surface area contributed by atoms with Crippen molar-refractivity contribution < 1.29 is 19.1 Å². The second-order valence-electron chi connectivity index (χ2n) is 5.97. The molecule has 0 saturated carbocycles. The summed E-state index contributed by atoms with van der Waals surface area (Å²) < 4.78 is 10.9. The monoisotopic (exact) mass is 319 g/mol. The standard InChI is InChI=1S/C18H25NO4/c1-5-18(6-2,11-20)10-19-17(21)16-12(3)14-9-13(22-4)7-8-15(14)23-16/h7-9,20H,5-6,10-11H2,1-4H3,(H,19,21). The van der Waals surface area contributed by atoms with Crippen molar-refractivity contribution in [2.45, 2.75) is 33.6 Å². The molecule has 2 rings (SSSR count). The Kier molecular flexibility index (Phi) is 5.31. The molecule has 1 aromatic heterocycles. The van der Waals surface area contributed by atoms with E-state index in [1.807, 2.05) is 26.8 Å². The number of carbonyl (C=O) groups excluding carboxylic acids is 1. The van der Waals surface area contributed by atoms with Gasteiger partial charge in [-0.15, -0.1) is 0 Å². The number of carbonyl (C=O) groups is 1. The first kappa shape index (κ1) is 17.3. The number of aliphatic hydroxyl groups is 1. The van der Waals surface area contributed by atoms with Gasteiger partial charge in [-0.05, 0) is 38.0 Å². The highest BCUT2D eigenvalue weighted by Crippen LogP contribution is 2.29. The van der Waals surface area contributed by atoms with Crippen LogP contribution < -0.4 is 10.1 Å². The van der Waals surface area contributed by atoms with E-state index in [0.29, 0.717) is 17.9 Å². The maximum Gasteiger partial charge on any atom is 0.287 e. The summed E-state index contributed by atoms with van der Waals surface area (Å²) in [6, 6.07) is 5.47. The molecule has 1 heterocycles. The minimum Gasteiger partial charge on any atom is -0.497 e. The third-order valence-electron chi connectivity index (χ3n) is 4.81. The van der Waals surface area contributed by atoms with E-state index >= 15 is 0 Å². The Hall–Kier alpha value is -2.01. The van der Waals surface area contributed by atoms with Crippen LogP contribution in [0.15, 0.2) is 22.6 Å². The number of hydrogen-bond acceptors (Lipinski definition) is 4. The van der Waals surface area contributed by atoms with Crippen molar-refractivity contribution in [1.82, 2.24) is 5.32 Å². The zero-order chi connectivity index (χ0) is 17.0. The van der Waals surface area contributed by atoms with Gasteiger partial charge in [0.1, 0.15) is 11.3 Å². The molecule has 5 nitrogen and oxygen atoms in total. The van der Waals surface area contributed by atoms with Crippen molar-refractivity contribution in [2.24, 2.45) is 5.41 Å². The number of fused-ring (bicyclic) bond motifs is 1. The lowest BCUT2D eigenvalue weighted by Crippen LogP contribution is -2.39. The van der Waals surface area contributed by atoms with Crippen molar-refractivity contribution in [3.63, 3.8) is 0 Å². The number of aliphatic hydroxyl groups excluding tert-OH is 1. The first-order chi connectivity index (χ1) is 11.0. The van der Waals surface area contributed by atoms with Crippen LogP contribution in [0.2, 0.25) is 0 Å². The van der Waals surface area contributed by atoms with Crippen LogP contribution in [0.3, 0.4) is 0 Å². The van der Waals surface area contributed by atoms with E-state index < -0.39 is 0 Å². The molecule has 5 heteroatoms. The van der Waals surface area contributed by atoms with Crippen LogP contribution >= 0.6 is 0 Å². The number of amides is 1. The molecule has 1 aromatic carbocycles. The van der Waals surface area contributed by atoms with Gasteiger partial charge in [0.15, 0.2) is 5.76 Å². The lowest BCUT2D eigenvalue weighted by Gasteiger charge is -2.29. The van der Waals surface area contributed by atoms with Gasteiger partial charge in [0.05, 0.1) is 13.7 Å². The van der Waals surface area contributed by atoms with E-state index in [9.17, 15) is 9.90 Å². The van der Waals surface area contributed by atoms with Gasteiger partial charge in [-0.2, -0.15) is 0 Å². The van der Waals surface area contributed by atoms with Crippen LogP contribution in [-0.4, -0.2) is 31.3 Å². The first-order valence-corrected chi connectivity index (χ1v) is 7.96. The molecule has 0 aliphatic carbocycles. The number of aryl methyl sites for hydroxylation is 1. The van der Waals surface area contributed by atoms with Crippen molar-refractivity contribution in [3.8, 4) is 5.75 Å². The van der Waals surface area contributed by atoms with Crippen molar-refractivity contribution in [2.75, 3.05) is 20.3 Å². The Morgan fingerprint density at radius 3 is 2.61 bits per heavy atom. The fourth-order valence-corrected chi connectivity index (χ4v) is 2.67. The molecule has 2 aromatic rings. The summed E-state index contributed by atoms with van der Waals surface area (Å²) >= 11 is 0. The minimum atomic E-state index is -0.279. The number of furan rings is 1. The third-order valence-corrected chi connectivity index (χ3v) is 4.81. The van der Waals surface area contributed by atoms with E-state index in [-0.39, 0.29) is 17.9 Å². The van der Waals surface area contributed by atoms with Gasteiger partial charge in [-0.1, -0.05) is 13.8 Å². The summed E-state index contributed by atoms with van der Waals surface area (Å²) in [7, 11) is 1.61. The SMILES string of the molecule is CCC(CC)(CO)CNC(=O)c1oc2ccc(OC)cc2c1C. The average Bonchev–Trinajstić information content (AvgIpc) is 2.92. The van der Waals surface area contributed by atoms with Gasteiger partial charge in [-0.25, -0.2) is 0 Å². The van der Waals surface area contributed by atoms with Crippen LogP contribution in [0.25, 0.3) is 11.0 Å². The van der Waals surface area contributed by atoms with Crippen LogP contribution in [0.4, 0.5) is 0 Å². The van der Waals surface area contributed by atoms with Gasteiger partial charge in [0, 0.05) is 22.9 Å². The Labute approximate surface area is 136 Å². The lowest BCUT2D eigenvalue weighted by molar-refractivity contribution is 0.0828. The van der Waals surface area contributed by atoms with Gasteiger partial charge >= 0.3 is 0 Å². The molecule has 0 radical (unpaired) electrons. The molecule has 126 valence electrons. The number of nitrogens with one attached hydrogen (secondary N) is 1. The Morgan fingerprint density at radius 2 is 2.04 bits per heavy atom. The van der Waals surface area contributed by atoms with Crippen LogP contribution in [0, 0.1) is 12.3 Å². The van der Waals surface area contributed by atoms with Crippen molar-refractivity contribution in [3.05, 3.63) is 29.5 Å². The maximum atomic E-state index is 12.5. The second-order valence-corrected chi connectivity index (χ2v) is 5.97. The lowest BCUT2D eigenvalue weighted by atomic mass is 9.83. The molecule has 0 spiro atoms. The highest BCUT2D eigenvalue weighted by atomic mass is 16.5. The summed E-state index contributed by atoms with van der Waals surface area (Å²) in [5.74, 6) is 0.786. The Balaban J connectivity index is 2.23. The number of methoxy groups -OCH3 is 1. The van der Waals surface area contributed by atoms with Gasteiger partial charge < -0.3 is 19.6 Å². The van der Waals surface area contributed by atoms with Crippen molar-refractivity contribution in [1.29, 1.82) is 0 Å². The topological polar surface area (TPSA) is 71.7 Å². The number of ether oxygens (including phenoxy) is 1. The number of rotatable bonds is 7. The Bertz CT molecular complexity index is 677. The normalized spacial score (nSPS) is 11.7. The molecular formula is C18H25NO4. The van der Waals surface area contributed by atoms with Crippen LogP contribution in [0.1, 0.15) is 42.8 Å². The van der Waals surface area contributed by atoms with Gasteiger partial charge in [0.2, 0.25) is 0 Å². The summed E-state index contributed by atoms with van der Waals surface area (Å²) in [6.45, 7) is 6.38. The second kappa shape index (κ2) is 7.04. The van der Waals surface area contributed by atoms with Crippen LogP contribution in [0.5, 0.6) is 5.75 Å². The predicted octanol–water partition coefficient (Wildman–Crippen LogP) is 3.28. The molecule has 0 bridgehead atoms. The van der Waals surface area contributed by atoms with E-state index in [4.69, 9.17) is 9.15 Å². The summed E-state index contributed by atoms with van der Waals surface area (Å²) in [5, 5.41) is 13.4.